The molecule has 0 amide bonds. The van der Waals surface area contributed by atoms with Crippen LogP contribution in [-0.4, -0.2) is 42.0 Å². The van der Waals surface area contributed by atoms with Gasteiger partial charge in [-0.25, -0.2) is 0 Å². The van der Waals surface area contributed by atoms with E-state index < -0.39 is 0 Å². The number of nitrogens with two attached hydrogens (primary N) is 1. The Kier molecular flexibility index (Phi) is 4.10. The monoisotopic (exact) mass is 323 g/mol. The molecule has 2 heterocycles. The minimum absolute atomic E-state index is 0.784. The molecule has 1 aromatic rings. The molecule has 2 saturated heterocycles. The van der Waals surface area contributed by atoms with Gasteiger partial charge in [0, 0.05) is 29.3 Å². The number of hydrogen-bond acceptors (Lipinski definition) is 3. The van der Waals surface area contributed by atoms with Gasteiger partial charge in [0.25, 0.3) is 0 Å². The second-order valence-electron chi connectivity index (χ2n) is 5.81. The van der Waals surface area contributed by atoms with E-state index >= 15 is 0 Å². The lowest BCUT2D eigenvalue weighted by Gasteiger charge is -2.25. The zero-order valence-electron chi connectivity index (χ0n) is 11.3. The highest BCUT2D eigenvalue weighted by Gasteiger charge is 2.28. The third-order valence-electron chi connectivity index (χ3n) is 4.27. The molecule has 3 nitrogen and oxygen atoms in total. The van der Waals surface area contributed by atoms with Crippen LogP contribution in [0.2, 0.25) is 0 Å². The standard InChI is InChI=1S/C15H22BrN3/c16-13-7-12(8-14(17)9-13)10-18-4-2-6-19-5-1-3-15(19)11-18/h7-9,15H,1-6,10-11,17H2. The van der Waals surface area contributed by atoms with Gasteiger partial charge in [0.15, 0.2) is 0 Å². The minimum Gasteiger partial charge on any atom is -0.399 e. The largest absolute Gasteiger partial charge is 0.399 e. The van der Waals surface area contributed by atoms with E-state index in [1.54, 1.807) is 0 Å². The van der Waals surface area contributed by atoms with E-state index in [2.05, 4.69) is 37.9 Å². The van der Waals surface area contributed by atoms with Crippen LogP contribution in [0.3, 0.4) is 0 Å². The van der Waals surface area contributed by atoms with E-state index in [9.17, 15) is 0 Å². The number of rotatable bonds is 2. The smallest absolute Gasteiger partial charge is 0.0328 e. The fraction of sp³-hybridized carbons (Fsp3) is 0.600. The molecular formula is C15H22BrN3. The summed E-state index contributed by atoms with van der Waals surface area (Å²) in [5.74, 6) is 0. The van der Waals surface area contributed by atoms with E-state index in [0.29, 0.717) is 0 Å². The highest BCUT2D eigenvalue weighted by Crippen LogP contribution is 2.23. The van der Waals surface area contributed by atoms with Gasteiger partial charge in [-0.3, -0.25) is 9.80 Å². The number of hydrogen-bond donors (Lipinski definition) is 1. The topological polar surface area (TPSA) is 32.5 Å². The first-order valence-corrected chi connectivity index (χ1v) is 8.01. The second-order valence-corrected chi connectivity index (χ2v) is 6.73. The van der Waals surface area contributed by atoms with Crippen molar-refractivity contribution in [2.45, 2.75) is 31.8 Å². The summed E-state index contributed by atoms with van der Waals surface area (Å²) in [6, 6.07) is 7.03. The van der Waals surface area contributed by atoms with Crippen LogP contribution in [0, 0.1) is 0 Å². The third kappa shape index (κ3) is 3.30. The molecule has 0 radical (unpaired) electrons. The van der Waals surface area contributed by atoms with Gasteiger partial charge in [0.05, 0.1) is 0 Å². The Morgan fingerprint density at radius 2 is 2.00 bits per heavy atom. The second kappa shape index (κ2) is 5.81. The van der Waals surface area contributed by atoms with Gasteiger partial charge in [-0.1, -0.05) is 15.9 Å². The Balaban J connectivity index is 1.68. The van der Waals surface area contributed by atoms with E-state index in [1.807, 2.05) is 6.07 Å². The van der Waals surface area contributed by atoms with Crippen molar-refractivity contribution >= 4 is 21.6 Å². The molecule has 2 aliphatic heterocycles. The van der Waals surface area contributed by atoms with E-state index in [1.165, 1.54) is 51.0 Å². The zero-order chi connectivity index (χ0) is 13.2. The summed E-state index contributed by atoms with van der Waals surface area (Å²) >= 11 is 3.53. The lowest BCUT2D eigenvalue weighted by atomic mass is 10.1. The maximum atomic E-state index is 5.92. The summed E-state index contributed by atoms with van der Waals surface area (Å²) in [7, 11) is 0. The third-order valence-corrected chi connectivity index (χ3v) is 4.73. The fourth-order valence-corrected chi connectivity index (χ4v) is 4.01. The molecule has 0 aromatic heterocycles. The molecule has 4 heteroatoms. The summed E-state index contributed by atoms with van der Waals surface area (Å²) in [6.45, 7) is 6.03. The van der Waals surface area contributed by atoms with Crippen LogP contribution >= 0.6 is 15.9 Å². The highest BCUT2D eigenvalue weighted by atomic mass is 79.9. The van der Waals surface area contributed by atoms with Crippen LogP contribution < -0.4 is 5.73 Å². The predicted octanol–water partition coefficient (Wildman–Crippen LogP) is 2.70. The number of nitrogens with zero attached hydrogens (tertiary/aromatic N) is 2. The van der Waals surface area contributed by atoms with Crippen LogP contribution in [0.4, 0.5) is 5.69 Å². The maximum absolute atomic E-state index is 5.92. The average Bonchev–Trinajstić information content (AvgIpc) is 2.67. The van der Waals surface area contributed by atoms with Crippen LogP contribution in [-0.2, 0) is 6.54 Å². The van der Waals surface area contributed by atoms with Crippen molar-refractivity contribution in [3.8, 4) is 0 Å². The molecule has 19 heavy (non-hydrogen) atoms. The Morgan fingerprint density at radius 1 is 1.16 bits per heavy atom. The van der Waals surface area contributed by atoms with Crippen LogP contribution in [0.15, 0.2) is 22.7 Å². The maximum Gasteiger partial charge on any atom is 0.0328 e. The minimum atomic E-state index is 0.784. The first-order chi connectivity index (χ1) is 9.20. The van der Waals surface area contributed by atoms with E-state index in [-0.39, 0.29) is 0 Å². The highest BCUT2D eigenvalue weighted by molar-refractivity contribution is 9.10. The number of nitrogen functional groups attached to an aromatic ring is 1. The molecule has 2 aliphatic rings. The molecule has 2 N–H and O–H groups in total. The van der Waals surface area contributed by atoms with Gasteiger partial charge in [0.1, 0.15) is 0 Å². The quantitative estimate of drug-likeness (QED) is 0.849. The Hall–Kier alpha value is -0.580. The Bertz CT molecular complexity index is 429. The molecule has 1 aromatic carbocycles. The zero-order valence-corrected chi connectivity index (χ0v) is 12.9. The predicted molar refractivity (Wildman–Crippen MR) is 83.0 cm³/mol. The van der Waals surface area contributed by atoms with Crippen molar-refractivity contribution in [2.75, 3.05) is 31.9 Å². The van der Waals surface area contributed by atoms with Crippen molar-refractivity contribution in [2.24, 2.45) is 0 Å². The van der Waals surface area contributed by atoms with Gasteiger partial charge >= 0.3 is 0 Å². The number of fused-ring (bicyclic) bond motifs is 1. The van der Waals surface area contributed by atoms with Crippen molar-refractivity contribution in [3.05, 3.63) is 28.2 Å². The number of anilines is 1. The van der Waals surface area contributed by atoms with Crippen LogP contribution in [0.1, 0.15) is 24.8 Å². The van der Waals surface area contributed by atoms with Gasteiger partial charge in [-0.15, -0.1) is 0 Å². The number of benzene rings is 1. The van der Waals surface area contributed by atoms with Crippen molar-refractivity contribution < 1.29 is 0 Å². The molecule has 104 valence electrons. The Morgan fingerprint density at radius 3 is 2.84 bits per heavy atom. The van der Waals surface area contributed by atoms with Crippen molar-refractivity contribution in [1.82, 2.24) is 9.80 Å². The summed E-state index contributed by atoms with van der Waals surface area (Å²) < 4.78 is 1.08. The molecule has 0 aliphatic carbocycles. The molecule has 2 fully saturated rings. The van der Waals surface area contributed by atoms with E-state index in [4.69, 9.17) is 5.73 Å². The van der Waals surface area contributed by atoms with Crippen LogP contribution in [0.25, 0.3) is 0 Å². The Labute approximate surface area is 123 Å². The van der Waals surface area contributed by atoms with Crippen molar-refractivity contribution in [3.63, 3.8) is 0 Å². The van der Waals surface area contributed by atoms with Gasteiger partial charge in [0.2, 0.25) is 0 Å². The SMILES string of the molecule is Nc1cc(Br)cc(CN2CCCN3CCCC3C2)c1. The molecular weight excluding hydrogens is 302 g/mol. The first kappa shape index (κ1) is 13.4. The molecule has 0 saturated carbocycles. The first-order valence-electron chi connectivity index (χ1n) is 7.22. The van der Waals surface area contributed by atoms with Gasteiger partial charge in [-0.05, 0) is 62.7 Å². The molecule has 0 spiro atoms. The molecule has 1 unspecified atom stereocenters. The normalized spacial score (nSPS) is 25.2. The fourth-order valence-electron chi connectivity index (χ4n) is 3.45. The van der Waals surface area contributed by atoms with Crippen LogP contribution in [0.5, 0.6) is 0 Å². The summed E-state index contributed by atoms with van der Waals surface area (Å²) in [5.41, 5.74) is 8.09. The summed E-state index contributed by atoms with van der Waals surface area (Å²) in [4.78, 5) is 5.27. The number of halogens is 1. The van der Waals surface area contributed by atoms with Gasteiger partial charge in [-0.2, -0.15) is 0 Å². The molecule has 1 atom stereocenters. The molecule has 0 bridgehead atoms. The van der Waals surface area contributed by atoms with Crippen molar-refractivity contribution in [1.29, 1.82) is 0 Å². The average molecular weight is 324 g/mol. The lowest BCUT2D eigenvalue weighted by molar-refractivity contribution is 0.215. The molecule has 3 rings (SSSR count). The van der Waals surface area contributed by atoms with E-state index in [0.717, 1.165) is 22.7 Å². The summed E-state index contributed by atoms with van der Waals surface area (Å²) in [5, 5.41) is 0. The van der Waals surface area contributed by atoms with Gasteiger partial charge < -0.3 is 5.73 Å². The lowest BCUT2D eigenvalue weighted by Crippen LogP contribution is -2.36. The summed E-state index contributed by atoms with van der Waals surface area (Å²) in [6.07, 6.45) is 4.04.